The molecule has 0 amide bonds. The third-order valence-electron chi connectivity index (χ3n) is 3.16. The third kappa shape index (κ3) is 2.42. The Balaban J connectivity index is 1.82. The van der Waals surface area contributed by atoms with Gasteiger partial charge in [0, 0.05) is 12.5 Å². The largest absolute Gasteiger partial charge is 0.454 e. The Morgan fingerprint density at radius 3 is 2.90 bits per heavy atom. The van der Waals surface area contributed by atoms with Crippen LogP contribution < -0.4 is 9.47 Å². The van der Waals surface area contributed by atoms with Crippen molar-refractivity contribution in [1.82, 2.24) is 9.55 Å². The summed E-state index contributed by atoms with van der Waals surface area (Å²) >= 11 is 0. The molecule has 1 aliphatic heterocycles. The number of rotatable bonds is 4. The molecule has 0 atom stereocenters. The Bertz CT molecular complexity index is 737. The lowest BCUT2D eigenvalue weighted by atomic mass is 10.1. The Labute approximate surface area is 119 Å². The number of aryl methyl sites for hydroxylation is 1. The van der Waals surface area contributed by atoms with Gasteiger partial charge in [0.1, 0.15) is 6.20 Å². The highest BCUT2D eigenvalue weighted by atomic mass is 16.7. The minimum Gasteiger partial charge on any atom is -0.454 e. The summed E-state index contributed by atoms with van der Waals surface area (Å²) in [7, 11) is 0. The van der Waals surface area contributed by atoms with Gasteiger partial charge < -0.3 is 24.2 Å². The van der Waals surface area contributed by atoms with E-state index in [0.29, 0.717) is 22.9 Å². The molecule has 2 aromatic rings. The highest BCUT2D eigenvalue weighted by Gasteiger charge is 2.20. The summed E-state index contributed by atoms with van der Waals surface area (Å²) < 4.78 is 11.8. The average molecular weight is 289 g/mol. The summed E-state index contributed by atoms with van der Waals surface area (Å²) in [5.74, 6) is 1.07. The topological polar surface area (TPSA) is 96.5 Å². The van der Waals surface area contributed by atoms with Crippen LogP contribution in [0.1, 0.15) is 16.2 Å². The van der Waals surface area contributed by atoms with Crippen LogP contribution in [0.2, 0.25) is 0 Å². The van der Waals surface area contributed by atoms with Crippen molar-refractivity contribution >= 4 is 11.6 Å². The molecule has 0 fully saturated rings. The number of nitrogens with zero attached hydrogens (tertiary/aromatic N) is 3. The van der Waals surface area contributed by atoms with Crippen molar-refractivity contribution in [2.45, 2.75) is 13.5 Å². The van der Waals surface area contributed by atoms with Gasteiger partial charge in [0.05, 0.1) is 6.54 Å². The fourth-order valence-electron chi connectivity index (χ4n) is 2.06. The summed E-state index contributed by atoms with van der Waals surface area (Å²) in [4.78, 5) is 26.1. The number of carbonyl (C=O) groups is 1. The number of imidazole rings is 1. The van der Waals surface area contributed by atoms with Gasteiger partial charge in [-0.15, -0.1) is 0 Å². The standard InChI is InChI=1S/C13H11N3O5/c1-8-14-13(16(18)19)6-15(8)5-10(17)9-2-3-11-12(4-9)21-7-20-11/h2-4,6H,5,7H2,1H3. The van der Waals surface area contributed by atoms with E-state index < -0.39 is 4.92 Å². The van der Waals surface area contributed by atoms with E-state index in [1.54, 1.807) is 25.1 Å². The van der Waals surface area contributed by atoms with Crippen molar-refractivity contribution in [1.29, 1.82) is 0 Å². The molecule has 8 nitrogen and oxygen atoms in total. The van der Waals surface area contributed by atoms with E-state index in [1.807, 2.05) is 0 Å². The number of carbonyl (C=O) groups excluding carboxylic acids is 1. The van der Waals surface area contributed by atoms with Gasteiger partial charge >= 0.3 is 5.82 Å². The van der Waals surface area contributed by atoms with Gasteiger partial charge in [-0.3, -0.25) is 4.79 Å². The molecule has 1 aromatic heterocycles. The SMILES string of the molecule is Cc1nc([N+](=O)[O-])cn1CC(=O)c1ccc2c(c1)OCO2. The quantitative estimate of drug-likeness (QED) is 0.483. The third-order valence-corrected chi connectivity index (χ3v) is 3.16. The van der Waals surface area contributed by atoms with Crippen LogP contribution >= 0.6 is 0 Å². The highest BCUT2D eigenvalue weighted by molar-refractivity contribution is 5.96. The number of nitro groups is 1. The van der Waals surface area contributed by atoms with E-state index in [9.17, 15) is 14.9 Å². The molecule has 2 heterocycles. The summed E-state index contributed by atoms with van der Waals surface area (Å²) in [6.07, 6.45) is 1.25. The van der Waals surface area contributed by atoms with Crippen LogP contribution in [0.3, 0.4) is 0 Å². The van der Waals surface area contributed by atoms with Crippen LogP contribution in [0.5, 0.6) is 11.5 Å². The highest BCUT2D eigenvalue weighted by Crippen LogP contribution is 2.32. The van der Waals surface area contributed by atoms with Crippen LogP contribution in [-0.2, 0) is 6.54 Å². The van der Waals surface area contributed by atoms with Gasteiger partial charge in [-0.05, 0) is 28.1 Å². The van der Waals surface area contributed by atoms with Crippen molar-refractivity contribution in [3.63, 3.8) is 0 Å². The Hall–Kier alpha value is -2.90. The van der Waals surface area contributed by atoms with E-state index in [2.05, 4.69) is 4.98 Å². The molecule has 0 spiro atoms. The van der Waals surface area contributed by atoms with Crippen molar-refractivity contribution < 1.29 is 19.2 Å². The van der Waals surface area contributed by atoms with Gasteiger partial charge in [0.15, 0.2) is 17.3 Å². The van der Waals surface area contributed by atoms with E-state index in [1.165, 1.54) is 10.8 Å². The predicted molar refractivity (Wildman–Crippen MR) is 70.5 cm³/mol. The molecule has 108 valence electrons. The number of aromatic nitrogens is 2. The molecule has 1 aromatic carbocycles. The second kappa shape index (κ2) is 4.89. The number of fused-ring (bicyclic) bond motifs is 1. The Kier molecular flexibility index (Phi) is 3.05. The molecular formula is C13H11N3O5. The Morgan fingerprint density at radius 1 is 1.43 bits per heavy atom. The molecule has 0 radical (unpaired) electrons. The first-order valence-corrected chi connectivity index (χ1v) is 6.15. The van der Waals surface area contributed by atoms with Gasteiger partial charge in [-0.1, -0.05) is 0 Å². The summed E-state index contributed by atoms with van der Waals surface area (Å²) in [6, 6.07) is 4.90. The van der Waals surface area contributed by atoms with Crippen LogP contribution in [0.25, 0.3) is 0 Å². The zero-order valence-corrected chi connectivity index (χ0v) is 11.1. The van der Waals surface area contributed by atoms with Crippen LogP contribution in [0.4, 0.5) is 5.82 Å². The molecule has 21 heavy (non-hydrogen) atoms. The molecule has 8 heteroatoms. The summed E-state index contributed by atoms with van der Waals surface area (Å²) in [5.41, 5.74) is 0.454. The first-order chi connectivity index (χ1) is 10.0. The number of hydrogen-bond donors (Lipinski definition) is 0. The first kappa shape index (κ1) is 13.1. The summed E-state index contributed by atoms with van der Waals surface area (Å²) in [5, 5.41) is 10.7. The minimum absolute atomic E-state index is 0.0215. The van der Waals surface area contributed by atoms with E-state index in [-0.39, 0.29) is 24.9 Å². The maximum atomic E-state index is 12.2. The second-order valence-electron chi connectivity index (χ2n) is 4.52. The van der Waals surface area contributed by atoms with Crippen molar-refractivity contribution in [3.8, 4) is 11.5 Å². The van der Waals surface area contributed by atoms with Crippen molar-refractivity contribution in [3.05, 3.63) is 45.9 Å². The number of Topliss-reactive ketones (excluding diaryl/α,β-unsaturated/α-hetero) is 1. The molecule has 0 aliphatic carbocycles. The number of hydrogen-bond acceptors (Lipinski definition) is 6. The fourth-order valence-corrected chi connectivity index (χ4v) is 2.06. The van der Waals surface area contributed by atoms with Gasteiger partial charge in [0.2, 0.25) is 12.6 Å². The minimum atomic E-state index is -0.589. The fraction of sp³-hybridized carbons (Fsp3) is 0.231. The number of benzene rings is 1. The Morgan fingerprint density at radius 2 is 2.19 bits per heavy atom. The van der Waals surface area contributed by atoms with E-state index in [4.69, 9.17) is 9.47 Å². The molecule has 3 rings (SSSR count). The average Bonchev–Trinajstić information content (AvgIpc) is 3.05. The van der Waals surface area contributed by atoms with E-state index in [0.717, 1.165) is 0 Å². The van der Waals surface area contributed by atoms with Gasteiger partial charge in [0.25, 0.3) is 0 Å². The predicted octanol–water partition coefficient (Wildman–Crippen LogP) is 1.71. The lowest BCUT2D eigenvalue weighted by Gasteiger charge is -2.03. The normalized spacial score (nSPS) is 12.4. The first-order valence-electron chi connectivity index (χ1n) is 6.15. The maximum absolute atomic E-state index is 12.2. The zero-order chi connectivity index (χ0) is 15.0. The van der Waals surface area contributed by atoms with Crippen LogP contribution in [0.15, 0.2) is 24.4 Å². The lowest BCUT2D eigenvalue weighted by molar-refractivity contribution is -0.389. The summed E-state index contributed by atoms with van der Waals surface area (Å²) in [6.45, 7) is 1.73. The maximum Gasteiger partial charge on any atom is 0.381 e. The van der Waals surface area contributed by atoms with Crippen LogP contribution in [0, 0.1) is 17.0 Å². The lowest BCUT2D eigenvalue weighted by Crippen LogP contribution is -2.11. The molecule has 1 aliphatic rings. The van der Waals surface area contributed by atoms with E-state index >= 15 is 0 Å². The van der Waals surface area contributed by atoms with Crippen LogP contribution in [-0.4, -0.2) is 27.1 Å². The monoisotopic (exact) mass is 289 g/mol. The second-order valence-corrected chi connectivity index (χ2v) is 4.52. The molecule has 0 saturated carbocycles. The molecule has 0 unspecified atom stereocenters. The number of ether oxygens (including phenoxy) is 2. The number of ketones is 1. The van der Waals surface area contributed by atoms with Gasteiger partial charge in [-0.25, -0.2) is 0 Å². The van der Waals surface area contributed by atoms with Gasteiger partial charge in [-0.2, -0.15) is 0 Å². The molecule has 0 N–H and O–H groups in total. The zero-order valence-electron chi connectivity index (χ0n) is 11.1. The van der Waals surface area contributed by atoms with Crippen molar-refractivity contribution in [2.75, 3.05) is 6.79 Å². The smallest absolute Gasteiger partial charge is 0.381 e. The van der Waals surface area contributed by atoms with Crippen molar-refractivity contribution in [2.24, 2.45) is 0 Å². The molecular weight excluding hydrogens is 278 g/mol. The molecule has 0 bridgehead atoms. The molecule has 0 saturated heterocycles.